The third-order valence-corrected chi connectivity index (χ3v) is 4.41. The first-order valence-electron chi connectivity index (χ1n) is 6.53. The van der Waals surface area contributed by atoms with Crippen LogP contribution >= 0.6 is 0 Å². The van der Waals surface area contributed by atoms with Gasteiger partial charge in [0.1, 0.15) is 5.75 Å². The number of hydrogen-bond donors (Lipinski definition) is 1. The number of aryl methyl sites for hydroxylation is 2. The van der Waals surface area contributed by atoms with E-state index in [0.29, 0.717) is 16.8 Å². The van der Waals surface area contributed by atoms with Gasteiger partial charge < -0.3 is 4.74 Å². The summed E-state index contributed by atoms with van der Waals surface area (Å²) in [5.74, 6) is -0.595. The van der Waals surface area contributed by atoms with Crippen LogP contribution in [0.1, 0.15) is 11.1 Å². The smallest absolute Gasteiger partial charge is 0.406 e. The molecule has 0 aliphatic heterocycles. The number of hydrogen-bond acceptors (Lipinski definition) is 3. The zero-order valence-electron chi connectivity index (χ0n) is 12.3. The maximum Gasteiger partial charge on any atom is 0.573 e. The predicted octanol–water partition coefficient (Wildman–Crippen LogP) is 4.00. The molecule has 2 rings (SSSR count). The van der Waals surface area contributed by atoms with Gasteiger partial charge in [0.2, 0.25) is 0 Å². The van der Waals surface area contributed by atoms with E-state index in [0.717, 1.165) is 12.1 Å². The van der Waals surface area contributed by atoms with Crippen molar-refractivity contribution >= 4 is 15.7 Å². The van der Waals surface area contributed by atoms with Crippen LogP contribution in [-0.2, 0) is 10.0 Å². The number of benzene rings is 2. The minimum absolute atomic E-state index is 0.318. The predicted molar refractivity (Wildman–Crippen MR) is 79.8 cm³/mol. The molecule has 0 aliphatic carbocycles. The number of sulfonamides is 1. The Labute approximate surface area is 132 Å². The van der Waals surface area contributed by atoms with Crippen LogP contribution < -0.4 is 9.46 Å². The number of ether oxygens (including phenoxy) is 1. The Morgan fingerprint density at radius 3 is 2.13 bits per heavy atom. The van der Waals surface area contributed by atoms with Crippen LogP contribution in [0.5, 0.6) is 5.75 Å². The van der Waals surface area contributed by atoms with Gasteiger partial charge in [0.05, 0.1) is 10.6 Å². The SMILES string of the molecule is Cc1cccc(C)c1NS(=O)(=O)c1cccc(OC(F)(F)F)c1. The lowest BCUT2D eigenvalue weighted by molar-refractivity contribution is -0.274. The average Bonchev–Trinajstić information content (AvgIpc) is 2.41. The molecule has 0 heterocycles. The molecule has 8 heteroatoms. The fraction of sp³-hybridized carbons (Fsp3) is 0.200. The third-order valence-electron chi connectivity index (χ3n) is 3.07. The summed E-state index contributed by atoms with van der Waals surface area (Å²) in [6.45, 7) is 3.46. The van der Waals surface area contributed by atoms with Crippen LogP contribution in [0.15, 0.2) is 47.4 Å². The molecular formula is C15H14F3NO3S. The lowest BCUT2D eigenvalue weighted by Crippen LogP contribution is -2.18. The molecule has 0 aliphatic rings. The molecule has 0 aromatic heterocycles. The average molecular weight is 345 g/mol. The maximum atomic E-state index is 12.4. The second-order valence-corrected chi connectivity index (χ2v) is 6.58. The molecule has 0 bridgehead atoms. The van der Waals surface area contributed by atoms with Crippen molar-refractivity contribution in [3.8, 4) is 5.75 Å². The fourth-order valence-electron chi connectivity index (χ4n) is 2.01. The quantitative estimate of drug-likeness (QED) is 0.911. The number of halogens is 3. The number of anilines is 1. The normalized spacial score (nSPS) is 12.0. The van der Waals surface area contributed by atoms with Crippen LogP contribution in [0.25, 0.3) is 0 Å². The van der Waals surface area contributed by atoms with Gasteiger partial charge in [0, 0.05) is 6.07 Å². The van der Waals surface area contributed by atoms with Gasteiger partial charge in [0.15, 0.2) is 0 Å². The summed E-state index contributed by atoms with van der Waals surface area (Å²) in [5, 5.41) is 0. The van der Waals surface area contributed by atoms with Crippen LogP contribution in [0, 0.1) is 13.8 Å². The van der Waals surface area contributed by atoms with Crippen molar-refractivity contribution in [2.45, 2.75) is 25.1 Å². The molecule has 2 aromatic rings. The van der Waals surface area contributed by atoms with Crippen LogP contribution in [-0.4, -0.2) is 14.8 Å². The molecular weight excluding hydrogens is 331 g/mol. The largest absolute Gasteiger partial charge is 0.573 e. The third kappa shape index (κ3) is 4.38. The highest BCUT2D eigenvalue weighted by Gasteiger charge is 2.31. The molecule has 0 saturated carbocycles. The van der Waals surface area contributed by atoms with Crippen molar-refractivity contribution in [1.82, 2.24) is 0 Å². The van der Waals surface area contributed by atoms with Gasteiger partial charge in [-0.05, 0) is 37.1 Å². The summed E-state index contributed by atoms with van der Waals surface area (Å²) < 4.78 is 67.6. The van der Waals surface area contributed by atoms with Crippen molar-refractivity contribution in [3.63, 3.8) is 0 Å². The number of rotatable bonds is 4. The summed E-state index contributed by atoms with van der Waals surface area (Å²) >= 11 is 0. The van der Waals surface area contributed by atoms with Crippen molar-refractivity contribution in [1.29, 1.82) is 0 Å². The Morgan fingerprint density at radius 2 is 1.57 bits per heavy atom. The minimum Gasteiger partial charge on any atom is -0.406 e. The zero-order chi connectivity index (χ0) is 17.3. The van der Waals surface area contributed by atoms with Crippen LogP contribution in [0.3, 0.4) is 0 Å². The van der Waals surface area contributed by atoms with Gasteiger partial charge in [-0.2, -0.15) is 0 Å². The zero-order valence-corrected chi connectivity index (χ0v) is 13.1. The Balaban J connectivity index is 2.35. The van der Waals surface area contributed by atoms with E-state index in [2.05, 4.69) is 9.46 Å². The molecule has 0 fully saturated rings. The molecule has 0 atom stereocenters. The van der Waals surface area contributed by atoms with Crippen LogP contribution in [0.2, 0.25) is 0 Å². The highest BCUT2D eigenvalue weighted by molar-refractivity contribution is 7.92. The van der Waals surface area contributed by atoms with Crippen LogP contribution in [0.4, 0.5) is 18.9 Å². The Kier molecular flexibility index (Phi) is 4.56. The van der Waals surface area contributed by atoms with E-state index in [4.69, 9.17) is 0 Å². The van der Waals surface area contributed by atoms with Gasteiger partial charge in [0.25, 0.3) is 10.0 Å². The van der Waals surface area contributed by atoms with Gasteiger partial charge >= 0.3 is 6.36 Å². The summed E-state index contributed by atoms with van der Waals surface area (Å²) in [7, 11) is -4.03. The lowest BCUT2D eigenvalue weighted by atomic mass is 10.1. The molecule has 124 valence electrons. The molecule has 0 unspecified atom stereocenters. The topological polar surface area (TPSA) is 55.4 Å². The first-order valence-corrected chi connectivity index (χ1v) is 8.02. The van der Waals surface area contributed by atoms with E-state index in [1.54, 1.807) is 32.0 Å². The monoisotopic (exact) mass is 345 g/mol. The molecule has 0 spiro atoms. The van der Waals surface area contributed by atoms with E-state index in [1.165, 1.54) is 12.1 Å². The van der Waals surface area contributed by atoms with E-state index < -0.39 is 22.1 Å². The summed E-state index contributed by atoms with van der Waals surface area (Å²) in [4.78, 5) is -0.318. The molecule has 0 radical (unpaired) electrons. The Bertz CT molecular complexity index is 797. The molecule has 0 amide bonds. The van der Waals surface area contributed by atoms with E-state index >= 15 is 0 Å². The Hall–Kier alpha value is -2.22. The minimum atomic E-state index is -4.89. The first-order chi connectivity index (χ1) is 10.6. The van der Waals surface area contributed by atoms with Crippen molar-refractivity contribution in [2.24, 2.45) is 0 Å². The van der Waals surface area contributed by atoms with Gasteiger partial charge in [-0.1, -0.05) is 24.3 Å². The van der Waals surface area contributed by atoms with Gasteiger partial charge in [-0.25, -0.2) is 8.42 Å². The highest BCUT2D eigenvalue weighted by atomic mass is 32.2. The molecule has 0 saturated heterocycles. The van der Waals surface area contributed by atoms with E-state index in [1.807, 2.05) is 0 Å². The second kappa shape index (κ2) is 6.11. The molecule has 2 aromatic carbocycles. The molecule has 4 nitrogen and oxygen atoms in total. The molecule has 1 N–H and O–H groups in total. The first kappa shape index (κ1) is 17.1. The van der Waals surface area contributed by atoms with Crippen molar-refractivity contribution in [2.75, 3.05) is 4.72 Å². The Morgan fingerprint density at radius 1 is 1.00 bits per heavy atom. The summed E-state index contributed by atoms with van der Waals surface area (Å²) in [5.41, 5.74) is 1.81. The van der Waals surface area contributed by atoms with Gasteiger partial charge in [-0.15, -0.1) is 13.2 Å². The summed E-state index contributed by atoms with van der Waals surface area (Å²) in [6.07, 6.45) is -4.89. The van der Waals surface area contributed by atoms with Crippen molar-refractivity contribution in [3.05, 3.63) is 53.6 Å². The van der Waals surface area contributed by atoms with Gasteiger partial charge in [-0.3, -0.25) is 4.72 Å². The summed E-state index contributed by atoms with van der Waals surface area (Å²) in [6, 6.07) is 9.47. The lowest BCUT2D eigenvalue weighted by Gasteiger charge is -2.14. The fourth-order valence-corrected chi connectivity index (χ4v) is 3.24. The number of nitrogens with one attached hydrogen (secondary N) is 1. The van der Waals surface area contributed by atoms with Crippen molar-refractivity contribution < 1.29 is 26.3 Å². The highest BCUT2D eigenvalue weighted by Crippen LogP contribution is 2.27. The maximum absolute atomic E-state index is 12.4. The number of para-hydroxylation sites is 1. The number of alkyl halides is 3. The van der Waals surface area contributed by atoms with E-state index in [9.17, 15) is 21.6 Å². The second-order valence-electron chi connectivity index (χ2n) is 4.89. The van der Waals surface area contributed by atoms with E-state index in [-0.39, 0.29) is 4.90 Å². The standard InChI is InChI=1S/C15H14F3NO3S/c1-10-5-3-6-11(2)14(10)19-23(20,21)13-8-4-7-12(9-13)22-15(16,17)18/h3-9,19H,1-2H3. The molecule has 23 heavy (non-hydrogen) atoms.